The van der Waals surface area contributed by atoms with Crippen molar-refractivity contribution >= 4 is 0 Å². The van der Waals surface area contributed by atoms with Gasteiger partial charge in [0.15, 0.2) is 0 Å². The van der Waals surface area contributed by atoms with E-state index in [2.05, 4.69) is 20.8 Å². The second-order valence-electron chi connectivity index (χ2n) is 5.97. The SMILES string of the molecule is CCCCOC[C@@H]1C[C@@](C)(OCCCC)C(CCN)O1. The summed E-state index contributed by atoms with van der Waals surface area (Å²) in [5, 5.41) is 0. The summed E-state index contributed by atoms with van der Waals surface area (Å²) in [6, 6.07) is 0. The van der Waals surface area contributed by atoms with Crippen molar-refractivity contribution in [1.82, 2.24) is 0 Å². The number of hydrogen-bond donors (Lipinski definition) is 1. The maximum absolute atomic E-state index is 6.12. The topological polar surface area (TPSA) is 53.7 Å². The van der Waals surface area contributed by atoms with Crippen LogP contribution in [-0.4, -0.2) is 44.2 Å². The van der Waals surface area contributed by atoms with Gasteiger partial charge in [0.1, 0.15) is 0 Å². The summed E-state index contributed by atoms with van der Waals surface area (Å²) in [5.41, 5.74) is 5.50. The zero-order chi connectivity index (χ0) is 14.8. The summed E-state index contributed by atoms with van der Waals surface area (Å²) in [5.74, 6) is 0. The molecule has 2 N–H and O–H groups in total. The summed E-state index contributed by atoms with van der Waals surface area (Å²) in [6.07, 6.45) is 6.55. The average Bonchev–Trinajstić information content (AvgIpc) is 2.73. The molecule has 3 atom stereocenters. The molecular formula is C16H33NO3. The van der Waals surface area contributed by atoms with Crippen LogP contribution in [0.25, 0.3) is 0 Å². The summed E-state index contributed by atoms with van der Waals surface area (Å²) >= 11 is 0. The summed E-state index contributed by atoms with van der Waals surface area (Å²) < 4.78 is 17.9. The quantitative estimate of drug-likeness (QED) is 0.594. The highest BCUT2D eigenvalue weighted by Gasteiger charge is 2.45. The van der Waals surface area contributed by atoms with Crippen LogP contribution in [0, 0.1) is 0 Å². The van der Waals surface area contributed by atoms with Crippen LogP contribution in [0.2, 0.25) is 0 Å². The van der Waals surface area contributed by atoms with Crippen LogP contribution in [0.15, 0.2) is 0 Å². The largest absolute Gasteiger partial charge is 0.379 e. The lowest BCUT2D eigenvalue weighted by Crippen LogP contribution is -2.39. The molecule has 0 spiro atoms. The molecule has 0 bridgehead atoms. The molecule has 0 aromatic rings. The molecule has 0 saturated carbocycles. The van der Waals surface area contributed by atoms with E-state index >= 15 is 0 Å². The molecule has 0 amide bonds. The molecule has 0 aliphatic carbocycles. The molecule has 1 aliphatic heterocycles. The predicted molar refractivity (Wildman–Crippen MR) is 81.9 cm³/mol. The van der Waals surface area contributed by atoms with Gasteiger partial charge in [0.05, 0.1) is 24.4 Å². The van der Waals surface area contributed by atoms with Crippen molar-refractivity contribution in [3.05, 3.63) is 0 Å². The first-order valence-corrected chi connectivity index (χ1v) is 8.23. The fraction of sp³-hybridized carbons (Fsp3) is 1.00. The molecule has 120 valence electrons. The lowest BCUT2D eigenvalue weighted by Gasteiger charge is -2.30. The molecule has 1 fully saturated rings. The molecule has 4 heteroatoms. The molecule has 4 nitrogen and oxygen atoms in total. The minimum atomic E-state index is -0.201. The van der Waals surface area contributed by atoms with E-state index in [1.807, 2.05) is 0 Å². The molecule has 20 heavy (non-hydrogen) atoms. The Morgan fingerprint density at radius 1 is 1.20 bits per heavy atom. The van der Waals surface area contributed by atoms with Gasteiger partial charge in [-0.3, -0.25) is 0 Å². The third kappa shape index (κ3) is 5.68. The number of unbranched alkanes of at least 4 members (excludes halogenated alkanes) is 2. The Bertz CT molecular complexity index is 250. The Hall–Kier alpha value is -0.160. The van der Waals surface area contributed by atoms with E-state index in [0.717, 1.165) is 45.3 Å². The van der Waals surface area contributed by atoms with E-state index in [1.54, 1.807) is 0 Å². The molecule has 1 saturated heterocycles. The Labute approximate surface area is 124 Å². The predicted octanol–water partition coefficient (Wildman–Crippen LogP) is 2.88. The molecule has 1 rings (SSSR count). The number of ether oxygens (including phenoxy) is 3. The second kappa shape index (κ2) is 9.72. The highest BCUT2D eigenvalue weighted by molar-refractivity contribution is 4.94. The minimum absolute atomic E-state index is 0.101. The van der Waals surface area contributed by atoms with Crippen molar-refractivity contribution in [3.8, 4) is 0 Å². The molecule has 1 heterocycles. The van der Waals surface area contributed by atoms with Gasteiger partial charge < -0.3 is 19.9 Å². The average molecular weight is 287 g/mol. The third-order valence-electron chi connectivity index (χ3n) is 3.98. The minimum Gasteiger partial charge on any atom is -0.379 e. The van der Waals surface area contributed by atoms with E-state index in [4.69, 9.17) is 19.9 Å². The number of hydrogen-bond acceptors (Lipinski definition) is 4. The smallest absolute Gasteiger partial charge is 0.0941 e. The van der Waals surface area contributed by atoms with Crippen molar-refractivity contribution in [1.29, 1.82) is 0 Å². The first-order valence-electron chi connectivity index (χ1n) is 8.23. The maximum Gasteiger partial charge on any atom is 0.0941 e. The van der Waals surface area contributed by atoms with Gasteiger partial charge in [-0.25, -0.2) is 0 Å². The van der Waals surface area contributed by atoms with Crippen LogP contribution >= 0.6 is 0 Å². The first-order chi connectivity index (χ1) is 9.66. The van der Waals surface area contributed by atoms with Crippen LogP contribution in [0.1, 0.15) is 59.3 Å². The van der Waals surface area contributed by atoms with Crippen molar-refractivity contribution in [3.63, 3.8) is 0 Å². The lowest BCUT2D eigenvalue weighted by atomic mass is 9.93. The van der Waals surface area contributed by atoms with E-state index in [0.29, 0.717) is 13.2 Å². The van der Waals surface area contributed by atoms with Gasteiger partial charge in [0, 0.05) is 19.6 Å². The van der Waals surface area contributed by atoms with Crippen LogP contribution in [0.3, 0.4) is 0 Å². The van der Waals surface area contributed by atoms with Gasteiger partial charge in [0.25, 0.3) is 0 Å². The van der Waals surface area contributed by atoms with Gasteiger partial charge in [-0.15, -0.1) is 0 Å². The monoisotopic (exact) mass is 287 g/mol. The maximum atomic E-state index is 6.12. The first kappa shape index (κ1) is 17.9. The van der Waals surface area contributed by atoms with E-state index in [1.165, 1.54) is 6.42 Å². The highest BCUT2D eigenvalue weighted by Crippen LogP contribution is 2.35. The van der Waals surface area contributed by atoms with Crippen molar-refractivity contribution in [2.75, 3.05) is 26.4 Å². The van der Waals surface area contributed by atoms with Crippen LogP contribution in [-0.2, 0) is 14.2 Å². The second-order valence-corrected chi connectivity index (χ2v) is 5.97. The Balaban J connectivity index is 2.41. The van der Waals surface area contributed by atoms with Crippen LogP contribution in [0.4, 0.5) is 0 Å². The number of nitrogens with two attached hydrogens (primary N) is 1. The van der Waals surface area contributed by atoms with E-state index in [-0.39, 0.29) is 17.8 Å². The van der Waals surface area contributed by atoms with Gasteiger partial charge in [-0.05, 0) is 32.7 Å². The van der Waals surface area contributed by atoms with E-state index < -0.39 is 0 Å². The molecule has 1 unspecified atom stereocenters. The Kier molecular flexibility index (Phi) is 8.69. The van der Waals surface area contributed by atoms with Gasteiger partial charge in [0.2, 0.25) is 0 Å². The summed E-state index contributed by atoms with van der Waals surface area (Å²) in [4.78, 5) is 0. The van der Waals surface area contributed by atoms with Gasteiger partial charge in [-0.1, -0.05) is 26.7 Å². The molecule has 0 aromatic carbocycles. The zero-order valence-electron chi connectivity index (χ0n) is 13.5. The van der Waals surface area contributed by atoms with Crippen LogP contribution in [0.5, 0.6) is 0 Å². The summed E-state index contributed by atoms with van der Waals surface area (Å²) in [7, 11) is 0. The standard InChI is InChI=1S/C16H33NO3/c1-4-6-10-18-13-14-12-16(3,19-11-7-5-2)15(20-14)8-9-17/h14-15H,4-13,17H2,1-3H3/t14-,15?,16+/m0/s1. The van der Waals surface area contributed by atoms with Crippen molar-refractivity contribution in [2.24, 2.45) is 5.73 Å². The molecule has 0 radical (unpaired) electrons. The highest BCUT2D eigenvalue weighted by atomic mass is 16.6. The van der Waals surface area contributed by atoms with Gasteiger partial charge in [-0.2, -0.15) is 0 Å². The number of rotatable bonds is 11. The van der Waals surface area contributed by atoms with E-state index in [9.17, 15) is 0 Å². The Morgan fingerprint density at radius 3 is 2.55 bits per heavy atom. The molecule has 1 aliphatic rings. The third-order valence-corrected chi connectivity index (χ3v) is 3.98. The Morgan fingerprint density at radius 2 is 1.90 bits per heavy atom. The molecular weight excluding hydrogens is 254 g/mol. The summed E-state index contributed by atoms with van der Waals surface area (Å²) in [6.45, 7) is 9.46. The van der Waals surface area contributed by atoms with Crippen molar-refractivity contribution in [2.45, 2.75) is 77.1 Å². The van der Waals surface area contributed by atoms with Crippen LogP contribution < -0.4 is 5.73 Å². The fourth-order valence-electron chi connectivity index (χ4n) is 2.69. The van der Waals surface area contributed by atoms with Gasteiger partial charge >= 0.3 is 0 Å². The lowest BCUT2D eigenvalue weighted by molar-refractivity contribution is -0.0905. The zero-order valence-corrected chi connectivity index (χ0v) is 13.5. The van der Waals surface area contributed by atoms with Crippen molar-refractivity contribution < 1.29 is 14.2 Å². The molecule has 0 aromatic heterocycles. The fourth-order valence-corrected chi connectivity index (χ4v) is 2.69. The normalized spacial score (nSPS) is 30.0.